The number of amides is 1. The summed E-state index contributed by atoms with van der Waals surface area (Å²) in [6.45, 7) is 0.823. The minimum absolute atomic E-state index is 0.361. The lowest BCUT2D eigenvalue weighted by molar-refractivity contribution is 0.147. The SMILES string of the molecule is O=C(NCCc1ncc(-c2ccc(-c3ccccc3)cc2)[nH]1)OCCc1ccccc1. The fraction of sp³-hybridized carbons (Fsp3) is 0.154. The molecule has 0 atom stereocenters. The summed E-state index contributed by atoms with van der Waals surface area (Å²) in [6, 6.07) is 28.6. The molecule has 31 heavy (non-hydrogen) atoms. The van der Waals surface area contributed by atoms with Crippen molar-refractivity contribution in [3.05, 3.63) is 103 Å². The first-order valence-electron chi connectivity index (χ1n) is 10.4. The van der Waals surface area contributed by atoms with Crippen molar-refractivity contribution in [2.45, 2.75) is 12.8 Å². The lowest BCUT2D eigenvalue weighted by Crippen LogP contribution is -2.27. The highest BCUT2D eigenvalue weighted by molar-refractivity contribution is 5.68. The average Bonchev–Trinajstić information content (AvgIpc) is 3.29. The molecule has 3 aromatic carbocycles. The second kappa shape index (κ2) is 10.3. The van der Waals surface area contributed by atoms with E-state index >= 15 is 0 Å². The molecule has 0 radical (unpaired) electrons. The molecule has 0 bridgehead atoms. The molecule has 1 heterocycles. The van der Waals surface area contributed by atoms with Crippen LogP contribution in [0.15, 0.2) is 91.1 Å². The number of nitrogens with one attached hydrogen (secondary N) is 2. The van der Waals surface area contributed by atoms with E-state index in [9.17, 15) is 4.79 Å². The van der Waals surface area contributed by atoms with Gasteiger partial charge >= 0.3 is 6.09 Å². The summed E-state index contributed by atoms with van der Waals surface area (Å²) < 4.78 is 5.23. The average molecular weight is 412 g/mol. The molecule has 5 heteroatoms. The summed E-state index contributed by atoms with van der Waals surface area (Å²) in [5.74, 6) is 0.826. The third kappa shape index (κ3) is 5.82. The van der Waals surface area contributed by atoms with Crippen LogP contribution in [-0.4, -0.2) is 29.2 Å². The number of carbonyl (C=O) groups is 1. The number of rotatable bonds is 8. The van der Waals surface area contributed by atoms with Gasteiger partial charge in [-0.2, -0.15) is 0 Å². The minimum Gasteiger partial charge on any atom is -0.449 e. The topological polar surface area (TPSA) is 67.0 Å². The molecule has 4 aromatic rings. The summed E-state index contributed by atoms with van der Waals surface area (Å²) in [5, 5.41) is 2.77. The van der Waals surface area contributed by atoms with Gasteiger partial charge in [-0.05, 0) is 22.3 Å². The minimum atomic E-state index is -0.404. The second-order valence-corrected chi connectivity index (χ2v) is 7.24. The fourth-order valence-corrected chi connectivity index (χ4v) is 3.35. The maximum atomic E-state index is 11.8. The molecule has 0 aliphatic rings. The van der Waals surface area contributed by atoms with Crippen LogP contribution in [0.4, 0.5) is 4.79 Å². The molecule has 0 saturated carbocycles. The quantitative estimate of drug-likeness (QED) is 0.416. The van der Waals surface area contributed by atoms with Gasteiger partial charge in [-0.25, -0.2) is 9.78 Å². The molecular weight excluding hydrogens is 386 g/mol. The molecule has 156 valence electrons. The van der Waals surface area contributed by atoms with E-state index in [0.717, 1.165) is 22.6 Å². The molecule has 0 aliphatic heterocycles. The van der Waals surface area contributed by atoms with Crippen molar-refractivity contribution in [3.63, 3.8) is 0 Å². The van der Waals surface area contributed by atoms with E-state index in [0.29, 0.717) is 26.0 Å². The highest BCUT2D eigenvalue weighted by Crippen LogP contribution is 2.23. The number of imidazole rings is 1. The summed E-state index contributed by atoms with van der Waals surface area (Å²) in [4.78, 5) is 19.6. The second-order valence-electron chi connectivity index (χ2n) is 7.24. The Labute approximate surface area is 182 Å². The number of H-pyrrole nitrogens is 1. The monoisotopic (exact) mass is 411 g/mol. The molecule has 0 unspecified atom stereocenters. The van der Waals surface area contributed by atoms with E-state index < -0.39 is 6.09 Å². The zero-order valence-corrected chi connectivity index (χ0v) is 17.3. The number of nitrogens with zero attached hydrogens (tertiary/aromatic N) is 1. The zero-order chi connectivity index (χ0) is 21.3. The van der Waals surface area contributed by atoms with Gasteiger partial charge in [0.25, 0.3) is 0 Å². The largest absolute Gasteiger partial charge is 0.449 e. The summed E-state index contributed by atoms with van der Waals surface area (Å²) in [6.07, 6.45) is 2.74. The van der Waals surface area contributed by atoms with E-state index in [1.54, 1.807) is 0 Å². The van der Waals surface area contributed by atoms with Crippen molar-refractivity contribution in [2.75, 3.05) is 13.2 Å². The molecule has 2 N–H and O–H groups in total. The van der Waals surface area contributed by atoms with Gasteiger partial charge in [0.05, 0.1) is 18.5 Å². The van der Waals surface area contributed by atoms with E-state index in [1.807, 2.05) is 54.7 Å². The molecule has 1 amide bonds. The highest BCUT2D eigenvalue weighted by atomic mass is 16.5. The lowest BCUT2D eigenvalue weighted by atomic mass is 10.0. The number of carbonyl (C=O) groups excluding carboxylic acids is 1. The Balaban J connectivity index is 1.22. The highest BCUT2D eigenvalue weighted by Gasteiger charge is 2.06. The Morgan fingerprint density at radius 1 is 0.806 bits per heavy atom. The standard InChI is InChI=1S/C26H25N3O2/c30-26(31-18-16-20-7-3-1-4-8-20)27-17-15-25-28-19-24(29-25)23-13-11-22(12-14-23)21-9-5-2-6-10-21/h1-14,19H,15-18H2,(H,27,30)(H,28,29). The van der Waals surface area contributed by atoms with Crippen LogP contribution in [0.25, 0.3) is 22.4 Å². The van der Waals surface area contributed by atoms with Crippen molar-refractivity contribution in [3.8, 4) is 22.4 Å². The normalized spacial score (nSPS) is 10.6. The molecule has 0 saturated heterocycles. The number of hydrogen-bond donors (Lipinski definition) is 2. The van der Waals surface area contributed by atoms with Gasteiger partial charge in [0.15, 0.2) is 0 Å². The number of alkyl carbamates (subject to hydrolysis) is 1. The number of hydrogen-bond acceptors (Lipinski definition) is 3. The van der Waals surface area contributed by atoms with Gasteiger partial charge in [0.1, 0.15) is 5.82 Å². The van der Waals surface area contributed by atoms with Crippen LogP contribution in [0, 0.1) is 0 Å². The van der Waals surface area contributed by atoms with Gasteiger partial charge in [-0.15, -0.1) is 0 Å². The van der Waals surface area contributed by atoms with Crippen LogP contribution in [0.2, 0.25) is 0 Å². The van der Waals surface area contributed by atoms with E-state index in [-0.39, 0.29) is 0 Å². The molecule has 0 fully saturated rings. The molecule has 0 aliphatic carbocycles. The third-order valence-electron chi connectivity index (χ3n) is 5.03. The number of aromatic nitrogens is 2. The Morgan fingerprint density at radius 2 is 1.45 bits per heavy atom. The van der Waals surface area contributed by atoms with Crippen LogP contribution in [-0.2, 0) is 17.6 Å². The smallest absolute Gasteiger partial charge is 0.407 e. The Kier molecular flexibility index (Phi) is 6.75. The lowest BCUT2D eigenvalue weighted by Gasteiger charge is -2.06. The van der Waals surface area contributed by atoms with Crippen molar-refractivity contribution in [2.24, 2.45) is 0 Å². The summed E-state index contributed by atoms with van der Waals surface area (Å²) in [5.41, 5.74) is 5.56. The molecule has 0 spiro atoms. The maximum Gasteiger partial charge on any atom is 0.407 e. The number of benzene rings is 3. The first-order valence-corrected chi connectivity index (χ1v) is 10.4. The summed E-state index contributed by atoms with van der Waals surface area (Å²) in [7, 11) is 0. The van der Waals surface area contributed by atoms with Crippen molar-refractivity contribution >= 4 is 6.09 Å². The molecule has 5 nitrogen and oxygen atoms in total. The van der Waals surface area contributed by atoms with E-state index in [2.05, 4.69) is 51.7 Å². The van der Waals surface area contributed by atoms with E-state index in [4.69, 9.17) is 4.74 Å². The van der Waals surface area contributed by atoms with Crippen LogP contribution in [0.3, 0.4) is 0 Å². The first-order chi connectivity index (χ1) is 15.3. The van der Waals surface area contributed by atoms with Crippen LogP contribution in [0.5, 0.6) is 0 Å². The molecular formula is C26H25N3O2. The Bertz CT molecular complexity index is 1090. The van der Waals surface area contributed by atoms with E-state index in [1.165, 1.54) is 11.1 Å². The van der Waals surface area contributed by atoms with Crippen LogP contribution >= 0.6 is 0 Å². The predicted molar refractivity (Wildman–Crippen MR) is 123 cm³/mol. The Morgan fingerprint density at radius 3 is 2.19 bits per heavy atom. The van der Waals surface area contributed by atoms with Crippen molar-refractivity contribution in [1.82, 2.24) is 15.3 Å². The van der Waals surface area contributed by atoms with Gasteiger partial charge in [-0.1, -0.05) is 84.9 Å². The Hall–Kier alpha value is -3.86. The van der Waals surface area contributed by atoms with Gasteiger partial charge in [0, 0.05) is 19.4 Å². The van der Waals surface area contributed by atoms with Gasteiger partial charge in [0.2, 0.25) is 0 Å². The third-order valence-corrected chi connectivity index (χ3v) is 5.03. The maximum absolute atomic E-state index is 11.8. The fourth-order valence-electron chi connectivity index (χ4n) is 3.35. The predicted octanol–water partition coefficient (Wildman–Crippen LogP) is 5.26. The van der Waals surface area contributed by atoms with Crippen LogP contribution in [0.1, 0.15) is 11.4 Å². The van der Waals surface area contributed by atoms with Crippen molar-refractivity contribution < 1.29 is 9.53 Å². The van der Waals surface area contributed by atoms with Gasteiger partial charge in [-0.3, -0.25) is 0 Å². The zero-order valence-electron chi connectivity index (χ0n) is 17.3. The summed E-state index contributed by atoms with van der Waals surface area (Å²) >= 11 is 0. The van der Waals surface area contributed by atoms with Crippen LogP contribution < -0.4 is 5.32 Å². The molecule has 4 rings (SSSR count). The molecule has 1 aromatic heterocycles. The first kappa shape index (κ1) is 20.4. The number of aromatic amines is 1. The van der Waals surface area contributed by atoms with Crippen molar-refractivity contribution in [1.29, 1.82) is 0 Å². The van der Waals surface area contributed by atoms with Gasteiger partial charge < -0.3 is 15.0 Å². The number of ether oxygens (including phenoxy) is 1.